The van der Waals surface area contributed by atoms with Crippen molar-refractivity contribution in [2.24, 2.45) is 0 Å². The van der Waals surface area contributed by atoms with Crippen LogP contribution in [-0.2, 0) is 9.53 Å². The number of carbonyl (C=O) groups excluding carboxylic acids is 1. The molecule has 0 saturated heterocycles. The van der Waals surface area contributed by atoms with Crippen molar-refractivity contribution in [3.05, 3.63) is 0 Å². The summed E-state index contributed by atoms with van der Waals surface area (Å²) in [4.78, 5) is 14.3. The molecule has 0 spiro atoms. The maximum absolute atomic E-state index is 12.1. The average Bonchev–Trinajstić information content (AvgIpc) is 2.91. The molecule has 0 bridgehead atoms. The van der Waals surface area contributed by atoms with Crippen molar-refractivity contribution < 1.29 is 14.6 Å². The standard InChI is InChI=1S/C34H69NO3/c1-3-5-7-9-11-13-15-16-17-18-19-20-22-24-26-28-34(37)38-33-31-35(30-32-36)29-27-25-23-21-14-12-10-8-6-4-2/h36H,3-33H2,1-2H3. The molecule has 0 aliphatic heterocycles. The molecular formula is C34H69NO3. The summed E-state index contributed by atoms with van der Waals surface area (Å²) in [5.41, 5.74) is 0. The molecule has 0 atom stereocenters. The van der Waals surface area contributed by atoms with E-state index in [4.69, 9.17) is 4.74 Å². The third-order valence-electron chi connectivity index (χ3n) is 7.90. The van der Waals surface area contributed by atoms with Crippen molar-refractivity contribution in [1.82, 2.24) is 4.90 Å². The zero-order valence-electron chi connectivity index (χ0n) is 26.1. The van der Waals surface area contributed by atoms with Crippen molar-refractivity contribution in [1.29, 1.82) is 0 Å². The summed E-state index contributed by atoms with van der Waals surface area (Å²) in [5.74, 6) is -0.0532. The number of rotatable bonds is 32. The summed E-state index contributed by atoms with van der Waals surface area (Å²) >= 11 is 0. The van der Waals surface area contributed by atoms with Crippen LogP contribution < -0.4 is 0 Å². The Bertz CT molecular complexity index is 457. The number of hydrogen-bond donors (Lipinski definition) is 1. The second kappa shape index (κ2) is 32.6. The van der Waals surface area contributed by atoms with E-state index in [1.807, 2.05) is 0 Å². The van der Waals surface area contributed by atoms with E-state index in [0.717, 1.165) is 25.9 Å². The summed E-state index contributed by atoms with van der Waals surface area (Å²) in [5, 5.41) is 9.36. The Morgan fingerprint density at radius 1 is 0.500 bits per heavy atom. The number of nitrogens with zero attached hydrogens (tertiary/aromatic N) is 1. The molecule has 1 N–H and O–H groups in total. The lowest BCUT2D eigenvalue weighted by molar-refractivity contribution is -0.144. The first kappa shape index (κ1) is 37.4. The number of aliphatic hydroxyl groups is 1. The molecule has 0 heterocycles. The molecular weight excluding hydrogens is 470 g/mol. The van der Waals surface area contributed by atoms with Gasteiger partial charge in [-0.1, -0.05) is 162 Å². The molecule has 0 amide bonds. The van der Waals surface area contributed by atoms with E-state index in [-0.39, 0.29) is 12.6 Å². The first-order valence-electron chi connectivity index (χ1n) is 17.2. The van der Waals surface area contributed by atoms with Crippen LogP contribution in [0.1, 0.15) is 181 Å². The number of hydrogen-bond acceptors (Lipinski definition) is 4. The number of unbranched alkanes of at least 4 members (excludes halogenated alkanes) is 23. The molecule has 0 unspecified atom stereocenters. The summed E-state index contributed by atoms with van der Waals surface area (Å²) < 4.78 is 5.48. The van der Waals surface area contributed by atoms with Crippen LogP contribution in [0.4, 0.5) is 0 Å². The number of aliphatic hydroxyl groups excluding tert-OH is 1. The van der Waals surface area contributed by atoms with E-state index in [1.165, 1.54) is 148 Å². The highest BCUT2D eigenvalue weighted by atomic mass is 16.5. The van der Waals surface area contributed by atoms with Crippen molar-refractivity contribution in [2.45, 2.75) is 181 Å². The molecule has 0 aromatic carbocycles. The van der Waals surface area contributed by atoms with Gasteiger partial charge in [0.25, 0.3) is 0 Å². The Morgan fingerprint density at radius 3 is 1.26 bits per heavy atom. The summed E-state index contributed by atoms with van der Waals surface area (Å²) in [7, 11) is 0. The van der Waals surface area contributed by atoms with Gasteiger partial charge in [-0.05, 0) is 19.4 Å². The smallest absolute Gasteiger partial charge is 0.305 e. The van der Waals surface area contributed by atoms with Gasteiger partial charge in [0.2, 0.25) is 0 Å². The van der Waals surface area contributed by atoms with Gasteiger partial charge in [-0.15, -0.1) is 0 Å². The van der Waals surface area contributed by atoms with Gasteiger partial charge in [-0.2, -0.15) is 0 Å². The molecule has 0 radical (unpaired) electrons. The van der Waals surface area contributed by atoms with Gasteiger partial charge in [0, 0.05) is 19.5 Å². The van der Waals surface area contributed by atoms with Gasteiger partial charge in [-0.25, -0.2) is 0 Å². The topological polar surface area (TPSA) is 49.8 Å². The molecule has 0 aromatic rings. The zero-order chi connectivity index (χ0) is 27.8. The number of ether oxygens (including phenoxy) is 1. The second-order valence-corrected chi connectivity index (χ2v) is 11.7. The maximum Gasteiger partial charge on any atom is 0.305 e. The van der Waals surface area contributed by atoms with Gasteiger partial charge >= 0.3 is 5.97 Å². The predicted octanol–water partition coefficient (Wildman–Crippen LogP) is 10.0. The van der Waals surface area contributed by atoms with Crippen LogP contribution in [0.15, 0.2) is 0 Å². The van der Waals surface area contributed by atoms with Crippen LogP contribution in [0.25, 0.3) is 0 Å². The highest BCUT2D eigenvalue weighted by Gasteiger charge is 2.07. The monoisotopic (exact) mass is 540 g/mol. The van der Waals surface area contributed by atoms with Crippen molar-refractivity contribution in [3.63, 3.8) is 0 Å². The van der Waals surface area contributed by atoms with E-state index in [2.05, 4.69) is 18.7 Å². The highest BCUT2D eigenvalue weighted by Crippen LogP contribution is 2.14. The van der Waals surface area contributed by atoms with E-state index >= 15 is 0 Å². The van der Waals surface area contributed by atoms with E-state index in [0.29, 0.717) is 19.6 Å². The fourth-order valence-electron chi connectivity index (χ4n) is 5.30. The van der Waals surface area contributed by atoms with E-state index in [1.54, 1.807) is 0 Å². The lowest BCUT2D eigenvalue weighted by atomic mass is 10.0. The lowest BCUT2D eigenvalue weighted by Crippen LogP contribution is -2.32. The SMILES string of the molecule is CCCCCCCCCCCCCCCCCC(=O)OCCN(CCO)CCCCCCCCCCCC. The fraction of sp³-hybridized carbons (Fsp3) is 0.971. The van der Waals surface area contributed by atoms with Crippen molar-refractivity contribution in [2.75, 3.05) is 32.8 Å². The molecule has 0 aromatic heterocycles. The van der Waals surface area contributed by atoms with Crippen LogP contribution in [0.5, 0.6) is 0 Å². The molecule has 4 heteroatoms. The Balaban J connectivity index is 3.47. The van der Waals surface area contributed by atoms with Crippen LogP contribution in [0.2, 0.25) is 0 Å². The summed E-state index contributed by atoms with van der Waals surface area (Å²) in [6.07, 6.45) is 34.0. The maximum atomic E-state index is 12.1. The Hall–Kier alpha value is -0.610. The Labute approximate surface area is 239 Å². The third kappa shape index (κ3) is 29.9. The zero-order valence-corrected chi connectivity index (χ0v) is 26.1. The largest absolute Gasteiger partial charge is 0.464 e. The van der Waals surface area contributed by atoms with Crippen LogP contribution in [-0.4, -0.2) is 48.8 Å². The first-order valence-corrected chi connectivity index (χ1v) is 17.2. The second-order valence-electron chi connectivity index (χ2n) is 11.7. The summed E-state index contributed by atoms with van der Waals surface area (Å²) in [6.45, 7) is 7.58. The number of esters is 1. The van der Waals surface area contributed by atoms with Gasteiger partial charge in [0.05, 0.1) is 6.61 Å². The number of carbonyl (C=O) groups is 1. The highest BCUT2D eigenvalue weighted by molar-refractivity contribution is 5.69. The van der Waals surface area contributed by atoms with Crippen molar-refractivity contribution >= 4 is 5.97 Å². The third-order valence-corrected chi connectivity index (χ3v) is 7.90. The first-order chi connectivity index (χ1) is 18.7. The Morgan fingerprint density at radius 2 is 0.868 bits per heavy atom. The van der Waals surface area contributed by atoms with Crippen LogP contribution in [0, 0.1) is 0 Å². The normalized spacial score (nSPS) is 11.5. The van der Waals surface area contributed by atoms with Gasteiger partial charge in [0.15, 0.2) is 0 Å². The van der Waals surface area contributed by atoms with Gasteiger partial charge < -0.3 is 9.84 Å². The van der Waals surface area contributed by atoms with Gasteiger partial charge in [-0.3, -0.25) is 9.69 Å². The minimum absolute atomic E-state index is 0.0532. The molecule has 4 nitrogen and oxygen atoms in total. The molecule has 228 valence electrons. The quantitative estimate of drug-likeness (QED) is 0.0682. The summed E-state index contributed by atoms with van der Waals surface area (Å²) in [6, 6.07) is 0. The fourth-order valence-corrected chi connectivity index (χ4v) is 5.30. The average molecular weight is 540 g/mol. The van der Waals surface area contributed by atoms with E-state index < -0.39 is 0 Å². The Kier molecular flexibility index (Phi) is 32.1. The van der Waals surface area contributed by atoms with Gasteiger partial charge in [0.1, 0.15) is 6.61 Å². The van der Waals surface area contributed by atoms with E-state index in [9.17, 15) is 9.90 Å². The predicted molar refractivity (Wildman–Crippen MR) is 166 cm³/mol. The molecule has 0 saturated carbocycles. The molecule has 0 fully saturated rings. The lowest BCUT2D eigenvalue weighted by Gasteiger charge is -2.21. The van der Waals surface area contributed by atoms with Crippen molar-refractivity contribution in [3.8, 4) is 0 Å². The minimum atomic E-state index is -0.0532. The van der Waals surface area contributed by atoms with Crippen LogP contribution >= 0.6 is 0 Å². The molecule has 38 heavy (non-hydrogen) atoms. The molecule has 0 aliphatic carbocycles. The minimum Gasteiger partial charge on any atom is -0.464 e. The molecule has 0 aliphatic rings. The molecule has 0 rings (SSSR count). The van der Waals surface area contributed by atoms with Crippen LogP contribution in [0.3, 0.4) is 0 Å².